The van der Waals surface area contributed by atoms with Gasteiger partial charge in [0.25, 0.3) is 0 Å². The highest BCUT2D eigenvalue weighted by atomic mass is 32.2. The van der Waals surface area contributed by atoms with Crippen molar-refractivity contribution in [3.63, 3.8) is 0 Å². The molecule has 4 nitrogen and oxygen atoms in total. The van der Waals surface area contributed by atoms with Crippen LogP contribution in [0.25, 0.3) is 5.57 Å². The zero-order valence-corrected chi connectivity index (χ0v) is 16.2. The van der Waals surface area contributed by atoms with Crippen molar-refractivity contribution in [3.8, 4) is 0 Å². The minimum Gasteiger partial charge on any atom is -0.344 e. The van der Waals surface area contributed by atoms with Crippen LogP contribution in [-0.2, 0) is 0 Å². The molecule has 0 saturated carbocycles. The number of nitrogens with one attached hydrogen (secondary N) is 1. The Morgan fingerprint density at radius 3 is 2.61 bits per heavy atom. The van der Waals surface area contributed by atoms with Crippen molar-refractivity contribution in [2.75, 3.05) is 11.4 Å². The summed E-state index contributed by atoms with van der Waals surface area (Å²) in [5.74, 6) is 0. The maximum absolute atomic E-state index is 12.5. The minimum absolute atomic E-state index is 0.0961. The van der Waals surface area contributed by atoms with E-state index in [-0.39, 0.29) is 22.7 Å². The number of nitrogens with zero attached hydrogens (tertiary/aromatic N) is 3. The van der Waals surface area contributed by atoms with Gasteiger partial charge in [0.2, 0.25) is 0 Å². The summed E-state index contributed by atoms with van der Waals surface area (Å²) >= 11 is -0.0961. The summed E-state index contributed by atoms with van der Waals surface area (Å²) in [6.07, 6.45) is 5.80. The predicted molar refractivity (Wildman–Crippen MR) is 105 cm³/mol. The van der Waals surface area contributed by atoms with Crippen LogP contribution in [0.5, 0.6) is 0 Å². The molecule has 146 valence electrons. The van der Waals surface area contributed by atoms with E-state index in [2.05, 4.69) is 27.2 Å². The van der Waals surface area contributed by atoms with Gasteiger partial charge in [0.1, 0.15) is 0 Å². The molecule has 1 atom stereocenters. The third kappa shape index (κ3) is 3.82. The van der Waals surface area contributed by atoms with Crippen molar-refractivity contribution in [1.29, 1.82) is 0 Å². The van der Waals surface area contributed by atoms with Gasteiger partial charge >= 0.3 is 5.51 Å². The van der Waals surface area contributed by atoms with Gasteiger partial charge < -0.3 is 10.3 Å². The Morgan fingerprint density at radius 2 is 1.93 bits per heavy atom. The molecule has 8 heteroatoms. The van der Waals surface area contributed by atoms with Gasteiger partial charge in [-0.15, -0.1) is 0 Å². The van der Waals surface area contributed by atoms with Gasteiger partial charge in [-0.05, 0) is 67.6 Å². The maximum atomic E-state index is 12.5. The third-order valence-corrected chi connectivity index (χ3v) is 5.41. The number of anilines is 1. The van der Waals surface area contributed by atoms with Crippen LogP contribution in [0.4, 0.5) is 18.9 Å². The number of hydrazine groups is 1. The Hall–Kier alpha value is -2.61. The molecule has 0 radical (unpaired) electrons. The Kier molecular flexibility index (Phi) is 4.74. The second-order valence-electron chi connectivity index (χ2n) is 6.80. The Bertz CT molecular complexity index is 937. The second kappa shape index (κ2) is 7.09. The van der Waals surface area contributed by atoms with E-state index < -0.39 is 5.51 Å². The highest BCUT2D eigenvalue weighted by molar-refractivity contribution is 8.00. The normalized spacial score (nSPS) is 19.1. The van der Waals surface area contributed by atoms with E-state index in [4.69, 9.17) is 0 Å². The largest absolute Gasteiger partial charge is 0.446 e. The first-order valence-corrected chi connectivity index (χ1v) is 9.65. The first-order chi connectivity index (χ1) is 13.3. The summed E-state index contributed by atoms with van der Waals surface area (Å²) in [5.41, 5.74) is 4.00. The first-order valence-electron chi connectivity index (χ1n) is 8.83. The summed E-state index contributed by atoms with van der Waals surface area (Å²) in [4.78, 5) is 6.52. The van der Waals surface area contributed by atoms with Crippen LogP contribution in [0, 0.1) is 6.92 Å². The topological polar surface area (TPSA) is 31.4 Å². The third-order valence-electron chi connectivity index (χ3n) is 4.67. The van der Waals surface area contributed by atoms with E-state index in [0.29, 0.717) is 0 Å². The summed E-state index contributed by atoms with van der Waals surface area (Å²) in [6.45, 7) is 4.78. The number of thioether (sulfide) groups is 1. The van der Waals surface area contributed by atoms with Crippen LogP contribution in [0.3, 0.4) is 0 Å². The van der Waals surface area contributed by atoms with Crippen molar-refractivity contribution in [3.05, 3.63) is 71.9 Å². The van der Waals surface area contributed by atoms with E-state index in [1.165, 1.54) is 12.1 Å². The number of pyridine rings is 1. The number of rotatable bonds is 3. The minimum atomic E-state index is -4.28. The summed E-state index contributed by atoms with van der Waals surface area (Å²) < 4.78 is 37.6. The number of fused-ring (bicyclic) bond motifs is 1. The number of aromatic nitrogens is 1. The lowest BCUT2D eigenvalue weighted by Gasteiger charge is -2.38. The van der Waals surface area contributed by atoms with Crippen LogP contribution < -0.4 is 10.3 Å². The van der Waals surface area contributed by atoms with Gasteiger partial charge in [-0.1, -0.05) is 0 Å². The van der Waals surface area contributed by atoms with E-state index in [1.807, 2.05) is 31.5 Å². The lowest BCUT2D eigenvalue weighted by Crippen LogP contribution is -2.47. The molecular weight excluding hydrogens is 385 g/mol. The lowest BCUT2D eigenvalue weighted by molar-refractivity contribution is -0.0328. The predicted octanol–water partition coefficient (Wildman–Crippen LogP) is 4.91. The number of aryl methyl sites for hydroxylation is 1. The van der Waals surface area contributed by atoms with Gasteiger partial charge in [0.15, 0.2) is 0 Å². The molecule has 0 spiro atoms. The first kappa shape index (κ1) is 18.7. The molecule has 4 rings (SSSR count). The fourth-order valence-corrected chi connectivity index (χ4v) is 3.97. The molecule has 2 aromatic rings. The van der Waals surface area contributed by atoms with Crippen molar-refractivity contribution >= 4 is 23.0 Å². The molecule has 1 aromatic carbocycles. The highest BCUT2D eigenvalue weighted by Gasteiger charge is 2.32. The number of halogens is 3. The number of allylic oxidation sites excluding steroid dienone is 1. The number of hydrogen-bond acceptors (Lipinski definition) is 5. The second-order valence-corrected chi connectivity index (χ2v) is 7.94. The van der Waals surface area contributed by atoms with Crippen LogP contribution in [0.1, 0.15) is 18.2 Å². The average Bonchev–Trinajstić information content (AvgIpc) is 3.05. The molecule has 0 amide bonds. The van der Waals surface area contributed by atoms with E-state index in [0.717, 1.165) is 34.8 Å². The van der Waals surface area contributed by atoms with Crippen molar-refractivity contribution in [1.82, 2.24) is 15.4 Å². The van der Waals surface area contributed by atoms with Gasteiger partial charge in [0, 0.05) is 47.0 Å². The smallest absolute Gasteiger partial charge is 0.344 e. The fourth-order valence-electron chi connectivity index (χ4n) is 3.43. The van der Waals surface area contributed by atoms with E-state index in [9.17, 15) is 13.2 Å². The molecule has 1 aromatic heterocycles. The summed E-state index contributed by atoms with van der Waals surface area (Å²) in [7, 11) is 0. The molecule has 3 heterocycles. The Labute approximate surface area is 165 Å². The average molecular weight is 404 g/mol. The van der Waals surface area contributed by atoms with E-state index >= 15 is 0 Å². The van der Waals surface area contributed by atoms with Crippen LogP contribution in [-0.4, -0.2) is 28.1 Å². The molecule has 2 aliphatic heterocycles. The number of hydrogen-bond donors (Lipinski definition) is 1. The van der Waals surface area contributed by atoms with Crippen LogP contribution >= 0.6 is 11.8 Å². The Balaban J connectivity index is 1.62. The molecular formula is C20H19F3N4S. The van der Waals surface area contributed by atoms with Gasteiger partial charge in [0.05, 0.1) is 11.7 Å². The molecule has 0 aliphatic carbocycles. The molecule has 0 saturated heterocycles. The zero-order chi connectivity index (χ0) is 19.9. The fraction of sp³-hybridized carbons (Fsp3) is 0.250. The maximum Gasteiger partial charge on any atom is 0.446 e. The monoisotopic (exact) mass is 404 g/mol. The van der Waals surface area contributed by atoms with Crippen molar-refractivity contribution < 1.29 is 13.2 Å². The van der Waals surface area contributed by atoms with Gasteiger partial charge in [-0.3, -0.25) is 9.99 Å². The molecule has 0 fully saturated rings. The summed E-state index contributed by atoms with van der Waals surface area (Å²) in [6, 6.07) is 10.7. The molecule has 0 unspecified atom stereocenters. The molecule has 2 aliphatic rings. The SMILES string of the molecule is Cc1cc(C2=CNN3C2=CN(c2ccc(SC(F)(F)F)cc2)C[C@@H]3C)ccn1. The standard InChI is InChI=1S/C20H19F3N4S/c1-13-9-15(7-8-24-13)18-10-25-27-14(2)11-26(12-19(18)27)16-3-5-17(6-4-16)28-20(21,22)23/h3-10,12,14,25H,11H2,1-2H3/t14-/m0/s1. The number of benzene rings is 1. The van der Waals surface area contributed by atoms with Crippen molar-refractivity contribution in [2.45, 2.75) is 30.3 Å². The van der Waals surface area contributed by atoms with Crippen molar-refractivity contribution in [2.24, 2.45) is 0 Å². The van der Waals surface area contributed by atoms with Gasteiger partial charge in [-0.2, -0.15) is 13.2 Å². The highest BCUT2D eigenvalue weighted by Crippen LogP contribution is 2.38. The molecule has 1 N–H and O–H groups in total. The summed E-state index contributed by atoms with van der Waals surface area (Å²) in [5, 5.41) is 2.11. The van der Waals surface area contributed by atoms with Crippen LogP contribution in [0.2, 0.25) is 0 Å². The Morgan fingerprint density at radius 1 is 1.18 bits per heavy atom. The molecule has 28 heavy (non-hydrogen) atoms. The zero-order valence-electron chi connectivity index (χ0n) is 15.4. The molecule has 0 bridgehead atoms. The van der Waals surface area contributed by atoms with Crippen LogP contribution in [0.15, 0.2) is 65.6 Å². The quantitative estimate of drug-likeness (QED) is 0.735. The lowest BCUT2D eigenvalue weighted by atomic mass is 10.0. The van der Waals surface area contributed by atoms with E-state index in [1.54, 1.807) is 18.3 Å². The number of alkyl halides is 3. The van der Waals surface area contributed by atoms with Gasteiger partial charge in [-0.25, -0.2) is 0 Å².